The highest BCUT2D eigenvalue weighted by Crippen LogP contribution is 2.25. The Hall–Kier alpha value is -1.71. The molecule has 0 aliphatic heterocycles. The van der Waals surface area contributed by atoms with E-state index in [4.69, 9.17) is 19.9 Å². The van der Waals surface area contributed by atoms with Crippen molar-refractivity contribution in [3.63, 3.8) is 0 Å². The van der Waals surface area contributed by atoms with Gasteiger partial charge in [-0.1, -0.05) is 32.6 Å². The van der Waals surface area contributed by atoms with Gasteiger partial charge in [0.1, 0.15) is 0 Å². The summed E-state index contributed by atoms with van der Waals surface area (Å²) in [6, 6.07) is 0.851. The summed E-state index contributed by atoms with van der Waals surface area (Å²) in [5.74, 6) is 1.18. The molecule has 1 aromatic heterocycles. The van der Waals surface area contributed by atoms with Crippen molar-refractivity contribution in [1.82, 2.24) is 15.0 Å². The number of hydrogen-bond acceptors (Lipinski definition) is 9. The predicted molar refractivity (Wildman–Crippen MR) is 115 cm³/mol. The zero-order valence-electron chi connectivity index (χ0n) is 18.1. The number of rotatable bonds is 15. The highest BCUT2D eigenvalue weighted by molar-refractivity contribution is 5.38. The third-order valence-electron chi connectivity index (χ3n) is 4.93. The van der Waals surface area contributed by atoms with Crippen LogP contribution in [0, 0.1) is 0 Å². The lowest BCUT2D eigenvalue weighted by molar-refractivity contribution is 0.0547. The molecule has 0 atom stereocenters. The van der Waals surface area contributed by atoms with Crippen LogP contribution in [0.15, 0.2) is 0 Å². The maximum atomic E-state index is 5.76. The molecule has 166 valence electrons. The van der Waals surface area contributed by atoms with Gasteiger partial charge in [-0.25, -0.2) is 0 Å². The number of nitrogens with two attached hydrogens (primary N) is 1. The third kappa shape index (κ3) is 9.10. The van der Waals surface area contributed by atoms with Crippen molar-refractivity contribution in [1.29, 1.82) is 0 Å². The van der Waals surface area contributed by atoms with Crippen molar-refractivity contribution >= 4 is 11.9 Å². The highest BCUT2D eigenvalue weighted by Gasteiger charge is 2.21. The van der Waals surface area contributed by atoms with Gasteiger partial charge in [0.05, 0.1) is 33.0 Å². The first-order valence-corrected chi connectivity index (χ1v) is 11.0. The molecule has 0 unspecified atom stereocenters. The summed E-state index contributed by atoms with van der Waals surface area (Å²) in [7, 11) is 2.06. The van der Waals surface area contributed by atoms with Crippen LogP contribution in [0.4, 0.5) is 11.9 Å². The predicted octanol–water partition coefficient (Wildman–Crippen LogP) is 2.22. The van der Waals surface area contributed by atoms with E-state index in [-0.39, 0.29) is 0 Å². The van der Waals surface area contributed by atoms with Crippen LogP contribution in [-0.2, 0) is 9.47 Å². The van der Waals surface area contributed by atoms with Gasteiger partial charge in [-0.05, 0) is 19.3 Å². The molecule has 1 aromatic rings. The lowest BCUT2D eigenvalue weighted by atomic mass is 9.95. The molecule has 1 aliphatic rings. The van der Waals surface area contributed by atoms with Crippen molar-refractivity contribution < 1.29 is 14.2 Å². The van der Waals surface area contributed by atoms with Crippen molar-refractivity contribution in [2.75, 3.05) is 63.4 Å². The van der Waals surface area contributed by atoms with Crippen molar-refractivity contribution in [3.05, 3.63) is 0 Å². The number of aromatic nitrogens is 3. The molecule has 1 fully saturated rings. The number of nitrogens with zero attached hydrogens (tertiary/aromatic N) is 4. The molecular formula is C20H38N6O3. The van der Waals surface area contributed by atoms with Crippen LogP contribution in [0.3, 0.4) is 0 Å². The van der Waals surface area contributed by atoms with Crippen molar-refractivity contribution in [2.45, 2.75) is 57.9 Å². The lowest BCUT2D eigenvalue weighted by Crippen LogP contribution is -2.35. The molecule has 9 heteroatoms. The van der Waals surface area contributed by atoms with Crippen LogP contribution in [0.5, 0.6) is 6.01 Å². The normalized spacial score (nSPS) is 14.7. The summed E-state index contributed by atoms with van der Waals surface area (Å²) >= 11 is 0. The number of nitrogens with one attached hydrogen (secondary N) is 1. The number of hydrogen-bond donors (Lipinski definition) is 2. The van der Waals surface area contributed by atoms with Gasteiger partial charge in [0.15, 0.2) is 0 Å². The van der Waals surface area contributed by atoms with E-state index >= 15 is 0 Å². The summed E-state index contributed by atoms with van der Waals surface area (Å²) in [6.45, 7) is 6.06. The minimum atomic E-state index is 0.379. The average molecular weight is 411 g/mol. The van der Waals surface area contributed by atoms with Crippen LogP contribution in [0.1, 0.15) is 51.9 Å². The zero-order valence-corrected chi connectivity index (χ0v) is 18.1. The fraction of sp³-hybridized carbons (Fsp3) is 0.850. The van der Waals surface area contributed by atoms with Gasteiger partial charge in [0.25, 0.3) is 0 Å². The summed E-state index contributed by atoms with van der Waals surface area (Å²) < 4.78 is 16.6. The Morgan fingerprint density at radius 3 is 2.48 bits per heavy atom. The van der Waals surface area contributed by atoms with Gasteiger partial charge < -0.3 is 30.2 Å². The number of anilines is 2. The van der Waals surface area contributed by atoms with Crippen LogP contribution in [-0.4, -0.2) is 74.2 Å². The standard InChI is InChI=1S/C20H38N6O3/c1-3-4-12-29-20-24-18(22-11-14-28-16-15-27-13-10-21)23-19(25-20)26(2)17-8-6-5-7-9-17/h17H,3-16,21H2,1-2H3,(H,22,23,24,25). The molecule has 0 aromatic carbocycles. The van der Waals surface area contributed by atoms with Crippen LogP contribution >= 0.6 is 0 Å². The molecule has 29 heavy (non-hydrogen) atoms. The van der Waals surface area contributed by atoms with Gasteiger partial charge in [0.2, 0.25) is 11.9 Å². The molecule has 0 amide bonds. The smallest absolute Gasteiger partial charge is 0.323 e. The minimum absolute atomic E-state index is 0.379. The second kappa shape index (κ2) is 14.3. The van der Waals surface area contributed by atoms with Gasteiger partial charge in [0, 0.05) is 26.2 Å². The number of unbranched alkanes of at least 4 members (excludes halogenated alkanes) is 1. The Balaban J connectivity index is 1.89. The highest BCUT2D eigenvalue weighted by atomic mass is 16.5. The SMILES string of the molecule is CCCCOc1nc(NCCOCCOCCN)nc(N(C)C2CCCCC2)n1. The van der Waals surface area contributed by atoms with Crippen molar-refractivity contribution in [2.24, 2.45) is 5.73 Å². The number of ether oxygens (including phenoxy) is 3. The van der Waals surface area contributed by atoms with Gasteiger partial charge >= 0.3 is 6.01 Å². The van der Waals surface area contributed by atoms with Gasteiger partial charge in [-0.15, -0.1) is 0 Å². The van der Waals surface area contributed by atoms with E-state index in [1.165, 1.54) is 32.1 Å². The topological polar surface area (TPSA) is 108 Å². The Morgan fingerprint density at radius 1 is 1.00 bits per heavy atom. The summed E-state index contributed by atoms with van der Waals surface area (Å²) in [5.41, 5.74) is 5.38. The molecule has 0 saturated heterocycles. The molecule has 1 heterocycles. The first kappa shape index (κ1) is 23.6. The largest absolute Gasteiger partial charge is 0.463 e. The van der Waals surface area contributed by atoms with E-state index in [9.17, 15) is 0 Å². The minimum Gasteiger partial charge on any atom is -0.463 e. The third-order valence-corrected chi connectivity index (χ3v) is 4.93. The molecule has 0 radical (unpaired) electrons. The molecule has 1 aliphatic carbocycles. The second-order valence-electron chi connectivity index (χ2n) is 7.29. The molecule has 2 rings (SSSR count). The van der Waals surface area contributed by atoms with E-state index in [2.05, 4.69) is 39.1 Å². The Bertz CT molecular complexity index is 557. The van der Waals surface area contributed by atoms with E-state index < -0.39 is 0 Å². The summed E-state index contributed by atoms with van der Waals surface area (Å²) in [5, 5.41) is 3.22. The molecule has 0 spiro atoms. The lowest BCUT2D eigenvalue weighted by Gasteiger charge is -2.31. The van der Waals surface area contributed by atoms with Gasteiger partial charge in [-0.2, -0.15) is 15.0 Å². The Kier molecular flexibility index (Phi) is 11.6. The van der Waals surface area contributed by atoms with Crippen molar-refractivity contribution in [3.8, 4) is 6.01 Å². The van der Waals surface area contributed by atoms with E-state index in [0.29, 0.717) is 70.1 Å². The van der Waals surface area contributed by atoms with E-state index in [1.54, 1.807) is 0 Å². The fourth-order valence-corrected chi connectivity index (χ4v) is 3.23. The fourth-order valence-electron chi connectivity index (χ4n) is 3.23. The molecule has 9 nitrogen and oxygen atoms in total. The Labute approximate surface area is 174 Å². The molecule has 1 saturated carbocycles. The average Bonchev–Trinajstić information content (AvgIpc) is 2.76. The maximum absolute atomic E-state index is 5.76. The summed E-state index contributed by atoms with van der Waals surface area (Å²) in [4.78, 5) is 15.7. The first-order valence-electron chi connectivity index (χ1n) is 11.0. The van der Waals surface area contributed by atoms with Gasteiger partial charge in [-0.3, -0.25) is 0 Å². The Morgan fingerprint density at radius 2 is 1.76 bits per heavy atom. The van der Waals surface area contributed by atoms with Crippen LogP contribution < -0.4 is 20.7 Å². The van der Waals surface area contributed by atoms with E-state index in [0.717, 1.165) is 12.8 Å². The van der Waals surface area contributed by atoms with Crippen LogP contribution in [0.2, 0.25) is 0 Å². The maximum Gasteiger partial charge on any atom is 0.323 e. The van der Waals surface area contributed by atoms with E-state index in [1.807, 2.05) is 0 Å². The zero-order chi connectivity index (χ0) is 20.7. The first-order chi connectivity index (χ1) is 14.2. The molecule has 3 N–H and O–H groups in total. The summed E-state index contributed by atoms with van der Waals surface area (Å²) in [6.07, 6.45) is 8.24. The quantitative estimate of drug-likeness (QED) is 0.421. The monoisotopic (exact) mass is 410 g/mol. The second-order valence-corrected chi connectivity index (χ2v) is 7.29. The van der Waals surface area contributed by atoms with Crippen LogP contribution in [0.25, 0.3) is 0 Å². The molecule has 0 bridgehead atoms. The molecular weight excluding hydrogens is 372 g/mol.